The monoisotopic (exact) mass is 282 g/mol. The molecule has 2 heterocycles. The summed E-state index contributed by atoms with van der Waals surface area (Å²) in [6.07, 6.45) is 4.21. The van der Waals surface area contributed by atoms with E-state index in [1.165, 1.54) is 12.4 Å². The Hall–Kier alpha value is -1.69. The molecule has 1 aliphatic heterocycles. The van der Waals surface area contributed by atoms with Crippen molar-refractivity contribution in [2.24, 2.45) is 0 Å². The molecule has 6 nitrogen and oxygen atoms in total. The van der Waals surface area contributed by atoms with Gasteiger partial charge in [0.1, 0.15) is 10.8 Å². The van der Waals surface area contributed by atoms with Crippen molar-refractivity contribution in [2.75, 3.05) is 13.1 Å². The summed E-state index contributed by atoms with van der Waals surface area (Å²) in [4.78, 5) is 32.8. The van der Waals surface area contributed by atoms with Gasteiger partial charge in [0.15, 0.2) is 0 Å². The van der Waals surface area contributed by atoms with Gasteiger partial charge in [-0.15, -0.1) is 0 Å². The van der Waals surface area contributed by atoms with E-state index in [-0.39, 0.29) is 28.7 Å². The Morgan fingerprint density at radius 1 is 1.58 bits per heavy atom. The molecule has 1 aromatic rings. The average molecular weight is 283 g/mol. The Kier molecular flexibility index (Phi) is 4.31. The number of halogens is 1. The summed E-state index contributed by atoms with van der Waals surface area (Å²) in [6.45, 7) is 3.12. The minimum absolute atomic E-state index is 0.142. The lowest BCUT2D eigenvalue weighted by molar-refractivity contribution is -0.127. The van der Waals surface area contributed by atoms with Crippen molar-refractivity contribution in [3.8, 4) is 0 Å². The van der Waals surface area contributed by atoms with Crippen molar-refractivity contribution >= 4 is 23.4 Å². The Balaban J connectivity index is 1.89. The average Bonchev–Trinajstić information content (AvgIpc) is 2.75. The van der Waals surface area contributed by atoms with E-state index in [2.05, 4.69) is 15.3 Å². The molecular weight excluding hydrogens is 268 g/mol. The van der Waals surface area contributed by atoms with Crippen molar-refractivity contribution in [2.45, 2.75) is 25.8 Å². The van der Waals surface area contributed by atoms with Crippen LogP contribution in [0.3, 0.4) is 0 Å². The van der Waals surface area contributed by atoms with Gasteiger partial charge in [0.05, 0.1) is 12.4 Å². The zero-order chi connectivity index (χ0) is 13.8. The predicted octanol–water partition coefficient (Wildman–Crippen LogP) is 0.871. The second-order valence-electron chi connectivity index (χ2n) is 4.54. The SMILES string of the molecule is CC(CN1CCCC1=O)NC(=O)c1cncc(Cl)n1. The van der Waals surface area contributed by atoms with Gasteiger partial charge < -0.3 is 10.2 Å². The lowest BCUT2D eigenvalue weighted by atomic mass is 10.3. The number of rotatable bonds is 4. The minimum atomic E-state index is -0.339. The highest BCUT2D eigenvalue weighted by molar-refractivity contribution is 6.29. The second kappa shape index (κ2) is 5.97. The summed E-state index contributed by atoms with van der Waals surface area (Å²) in [6, 6.07) is -0.143. The number of hydrogen-bond acceptors (Lipinski definition) is 4. The number of nitrogens with zero attached hydrogens (tertiary/aromatic N) is 3. The fraction of sp³-hybridized carbons (Fsp3) is 0.500. The lowest BCUT2D eigenvalue weighted by Gasteiger charge is -2.21. The summed E-state index contributed by atoms with van der Waals surface area (Å²) in [5.74, 6) is -0.196. The number of likely N-dealkylation sites (tertiary alicyclic amines) is 1. The van der Waals surface area contributed by atoms with Crippen LogP contribution in [0.15, 0.2) is 12.4 Å². The molecule has 0 spiro atoms. The van der Waals surface area contributed by atoms with Crippen molar-refractivity contribution in [3.05, 3.63) is 23.2 Å². The van der Waals surface area contributed by atoms with E-state index in [0.717, 1.165) is 13.0 Å². The van der Waals surface area contributed by atoms with Crippen molar-refractivity contribution < 1.29 is 9.59 Å². The van der Waals surface area contributed by atoms with Crippen molar-refractivity contribution in [1.29, 1.82) is 0 Å². The van der Waals surface area contributed by atoms with Crippen LogP contribution in [-0.2, 0) is 4.79 Å². The van der Waals surface area contributed by atoms with Gasteiger partial charge in [0.25, 0.3) is 5.91 Å². The Bertz CT molecular complexity index is 494. The summed E-state index contributed by atoms with van der Waals surface area (Å²) < 4.78 is 0. The molecule has 19 heavy (non-hydrogen) atoms. The zero-order valence-corrected chi connectivity index (χ0v) is 11.4. The summed E-state index contributed by atoms with van der Waals surface area (Å²) in [5.41, 5.74) is 0.173. The van der Waals surface area contributed by atoms with Crippen LogP contribution in [0.25, 0.3) is 0 Å². The van der Waals surface area contributed by atoms with Gasteiger partial charge in [-0.2, -0.15) is 0 Å². The lowest BCUT2D eigenvalue weighted by Crippen LogP contribution is -2.42. The first-order valence-electron chi connectivity index (χ1n) is 6.12. The number of amides is 2. The smallest absolute Gasteiger partial charge is 0.271 e. The van der Waals surface area contributed by atoms with Crippen LogP contribution < -0.4 is 5.32 Å². The van der Waals surface area contributed by atoms with Crippen LogP contribution in [0.5, 0.6) is 0 Å². The third kappa shape index (κ3) is 3.64. The van der Waals surface area contributed by atoms with Gasteiger partial charge >= 0.3 is 0 Å². The van der Waals surface area contributed by atoms with Gasteiger partial charge in [-0.25, -0.2) is 4.98 Å². The number of nitrogens with one attached hydrogen (secondary N) is 1. The molecule has 2 rings (SSSR count). The van der Waals surface area contributed by atoms with Crippen LogP contribution in [0.1, 0.15) is 30.3 Å². The van der Waals surface area contributed by atoms with E-state index >= 15 is 0 Å². The fourth-order valence-corrected chi connectivity index (χ4v) is 2.17. The van der Waals surface area contributed by atoms with E-state index in [0.29, 0.717) is 13.0 Å². The molecule has 1 N–H and O–H groups in total. The zero-order valence-electron chi connectivity index (χ0n) is 10.6. The molecule has 1 saturated heterocycles. The fourth-order valence-electron chi connectivity index (χ4n) is 2.02. The molecule has 102 valence electrons. The number of carbonyl (C=O) groups excluding carboxylic acids is 2. The molecular formula is C12H15ClN4O2. The standard InChI is InChI=1S/C12H15ClN4O2/c1-8(7-17-4-2-3-11(17)18)15-12(19)9-5-14-6-10(13)16-9/h5-6,8H,2-4,7H2,1H3,(H,15,19). The molecule has 0 radical (unpaired) electrons. The molecule has 1 aromatic heterocycles. The minimum Gasteiger partial charge on any atom is -0.346 e. The van der Waals surface area contributed by atoms with Gasteiger partial charge in [0.2, 0.25) is 5.91 Å². The molecule has 0 aliphatic carbocycles. The number of carbonyl (C=O) groups is 2. The predicted molar refractivity (Wildman–Crippen MR) is 69.8 cm³/mol. The maximum atomic E-state index is 11.9. The topological polar surface area (TPSA) is 75.2 Å². The van der Waals surface area contributed by atoms with E-state index in [1.807, 2.05) is 6.92 Å². The second-order valence-corrected chi connectivity index (χ2v) is 4.93. The van der Waals surface area contributed by atoms with Gasteiger partial charge in [-0.05, 0) is 13.3 Å². The summed E-state index contributed by atoms with van der Waals surface area (Å²) in [7, 11) is 0. The number of hydrogen-bond donors (Lipinski definition) is 1. The molecule has 2 amide bonds. The summed E-state index contributed by atoms with van der Waals surface area (Å²) >= 11 is 5.68. The van der Waals surface area contributed by atoms with E-state index in [4.69, 9.17) is 11.6 Å². The highest BCUT2D eigenvalue weighted by Crippen LogP contribution is 2.10. The van der Waals surface area contributed by atoms with Crippen LogP contribution in [0.4, 0.5) is 0 Å². The largest absolute Gasteiger partial charge is 0.346 e. The first-order valence-corrected chi connectivity index (χ1v) is 6.50. The molecule has 1 fully saturated rings. The highest BCUT2D eigenvalue weighted by atomic mass is 35.5. The normalized spacial score (nSPS) is 16.5. The maximum Gasteiger partial charge on any atom is 0.271 e. The van der Waals surface area contributed by atoms with E-state index in [1.54, 1.807) is 4.90 Å². The third-order valence-corrected chi connectivity index (χ3v) is 3.06. The first kappa shape index (κ1) is 13.7. The van der Waals surface area contributed by atoms with Gasteiger partial charge in [0, 0.05) is 25.6 Å². The Labute approximate surface area is 116 Å². The molecule has 0 bridgehead atoms. The molecule has 0 saturated carbocycles. The van der Waals surface area contributed by atoms with E-state index in [9.17, 15) is 9.59 Å². The Morgan fingerprint density at radius 2 is 2.37 bits per heavy atom. The van der Waals surface area contributed by atoms with Crippen LogP contribution in [-0.4, -0.2) is 45.8 Å². The number of aromatic nitrogens is 2. The van der Waals surface area contributed by atoms with Gasteiger partial charge in [-0.3, -0.25) is 14.6 Å². The van der Waals surface area contributed by atoms with Crippen molar-refractivity contribution in [1.82, 2.24) is 20.2 Å². The molecule has 1 atom stereocenters. The summed E-state index contributed by atoms with van der Waals surface area (Å²) in [5, 5.41) is 2.95. The third-order valence-electron chi connectivity index (χ3n) is 2.88. The van der Waals surface area contributed by atoms with Crippen LogP contribution in [0, 0.1) is 0 Å². The highest BCUT2D eigenvalue weighted by Gasteiger charge is 2.22. The van der Waals surface area contributed by atoms with Crippen LogP contribution >= 0.6 is 11.6 Å². The molecule has 0 aromatic carbocycles. The van der Waals surface area contributed by atoms with Crippen molar-refractivity contribution in [3.63, 3.8) is 0 Å². The van der Waals surface area contributed by atoms with E-state index < -0.39 is 0 Å². The molecule has 1 aliphatic rings. The molecule has 7 heteroatoms. The Morgan fingerprint density at radius 3 is 3.00 bits per heavy atom. The van der Waals surface area contributed by atoms with Crippen LogP contribution in [0.2, 0.25) is 5.15 Å². The van der Waals surface area contributed by atoms with Gasteiger partial charge in [-0.1, -0.05) is 11.6 Å². The quantitative estimate of drug-likeness (QED) is 0.889. The first-order chi connectivity index (χ1) is 9.06. The maximum absolute atomic E-state index is 11.9. The molecule has 1 unspecified atom stereocenters.